The minimum absolute atomic E-state index is 0.0477. The smallest absolute Gasteiger partial charge is 0.349 e. The molecule has 4 aromatic heterocycles. The molecule has 0 fully saturated rings. The number of halogens is 4. The number of nitriles is 2. The highest BCUT2D eigenvalue weighted by Crippen LogP contribution is 2.39. The summed E-state index contributed by atoms with van der Waals surface area (Å²) in [5.41, 5.74) is -7.06. The van der Waals surface area contributed by atoms with E-state index in [1.165, 1.54) is 36.4 Å². The van der Waals surface area contributed by atoms with E-state index in [0.717, 1.165) is 0 Å². The van der Waals surface area contributed by atoms with E-state index in [1.807, 2.05) is 9.97 Å². The van der Waals surface area contributed by atoms with Crippen molar-refractivity contribution in [2.24, 2.45) is 0 Å². The van der Waals surface area contributed by atoms with Gasteiger partial charge in [0.1, 0.15) is 12.1 Å². The van der Waals surface area contributed by atoms with Crippen molar-refractivity contribution in [3.8, 4) is 46.8 Å². The lowest BCUT2D eigenvalue weighted by Crippen LogP contribution is -2.37. The lowest BCUT2D eigenvalue weighted by atomic mass is 10.1. The molecule has 0 aliphatic rings. The molecule has 0 unspecified atom stereocenters. The van der Waals surface area contributed by atoms with Gasteiger partial charge in [-0.1, -0.05) is 84.3 Å². The predicted octanol–water partition coefficient (Wildman–Crippen LogP) is 2.85. The highest BCUT2D eigenvalue weighted by molar-refractivity contribution is 6.38. The van der Waals surface area contributed by atoms with E-state index in [1.54, 1.807) is 39.8 Å². The molecular weight excluding hydrogens is 958 g/mol. The van der Waals surface area contributed by atoms with Gasteiger partial charge in [0, 0.05) is 23.3 Å². The summed E-state index contributed by atoms with van der Waals surface area (Å²) in [6.07, 6.45) is -1.44. The number of ether oxygens (including phenoxy) is 2. The zero-order valence-electron chi connectivity index (χ0n) is 33.9. The first-order valence-electron chi connectivity index (χ1n) is 18.5. The summed E-state index contributed by atoms with van der Waals surface area (Å²) in [5.74, 6) is -4.48. The third kappa shape index (κ3) is 10.2. The first-order chi connectivity index (χ1) is 31.2. The van der Waals surface area contributed by atoms with E-state index in [4.69, 9.17) is 76.1 Å². The van der Waals surface area contributed by atoms with E-state index in [-0.39, 0.29) is 65.9 Å². The molecule has 4 heterocycles. The average molecular weight is 985 g/mol. The Morgan fingerprint density at radius 2 is 0.924 bits per heavy atom. The Kier molecular flexibility index (Phi) is 14.0. The summed E-state index contributed by atoms with van der Waals surface area (Å²) >= 11 is 25.7. The summed E-state index contributed by atoms with van der Waals surface area (Å²) < 4.78 is 12.9. The van der Waals surface area contributed by atoms with Crippen LogP contribution in [0.25, 0.3) is 11.4 Å². The van der Waals surface area contributed by atoms with Crippen LogP contribution in [0, 0.1) is 22.7 Å². The van der Waals surface area contributed by atoms with Crippen molar-refractivity contribution < 1.29 is 28.7 Å². The van der Waals surface area contributed by atoms with Crippen LogP contribution in [0.3, 0.4) is 0 Å². The van der Waals surface area contributed by atoms with Gasteiger partial charge in [-0.3, -0.25) is 29.1 Å². The van der Waals surface area contributed by atoms with Gasteiger partial charge in [0.2, 0.25) is 23.1 Å². The number of rotatable bonds is 13. The van der Waals surface area contributed by atoms with Gasteiger partial charge in [0.15, 0.2) is 11.5 Å². The first-order valence-corrected chi connectivity index (χ1v) is 20.0. The minimum atomic E-state index is -1.17. The van der Waals surface area contributed by atoms with Crippen molar-refractivity contribution >= 4 is 58.3 Å². The number of carbonyl (C=O) groups is 2. The molecule has 0 aliphatic heterocycles. The van der Waals surface area contributed by atoms with Gasteiger partial charge < -0.3 is 19.1 Å². The maximum Gasteiger partial charge on any atom is 0.349 e. The molecule has 0 atom stereocenters. The van der Waals surface area contributed by atoms with Crippen molar-refractivity contribution in [1.29, 1.82) is 10.5 Å². The maximum absolute atomic E-state index is 13.3. The van der Waals surface area contributed by atoms with E-state index >= 15 is 0 Å². The summed E-state index contributed by atoms with van der Waals surface area (Å²) in [4.78, 5) is 116. The predicted molar refractivity (Wildman–Crippen MR) is 228 cm³/mol. The fourth-order valence-electron chi connectivity index (χ4n) is 5.52. The zero-order valence-corrected chi connectivity index (χ0v) is 36.9. The van der Waals surface area contributed by atoms with Gasteiger partial charge in [-0.15, -0.1) is 10.2 Å². The van der Waals surface area contributed by atoms with E-state index in [9.17, 15) is 38.4 Å². The highest BCUT2D eigenvalue weighted by Gasteiger charge is 2.23. The molecule has 6 aromatic rings. The number of nitrogens with zero attached hydrogens (tertiary/aromatic N) is 10. The van der Waals surface area contributed by atoms with Gasteiger partial charge in [-0.25, -0.2) is 19.2 Å². The van der Waals surface area contributed by atoms with Crippen LogP contribution >= 0.6 is 46.4 Å². The quantitative estimate of drug-likeness (QED) is 0.168. The molecule has 0 amide bonds. The molecule has 2 N–H and O–H groups in total. The fourth-order valence-corrected chi connectivity index (χ4v) is 6.62. The standard InChI is InChI=1S/C38H26Cl4N12O12/c1-15(2)19-11-27(63-31-21(39)7-17(8-22(31)40)51-37(61)45-33(57)25(13-43)47-51)49-53(35(19)59)65-29(55)5-6-30(56)66-54-36(60)20(16(3)4)12-28(50-54)64-32-23(41)9-18(10-24(32)42)52-38(62)46-34(58)26(14-44)48-52/h7-12,15-16H,5-6H2,1-4H3,(H,45,57,61)(H,46,58,62). The SMILES string of the molecule is CC(C)c1cc(Oc2c(Cl)cc(-n3nc(C#N)c(=O)[nH]c3=O)cc2Cl)nn(OC(=O)CCC(=O)On2nc(Oc3c(Cl)cc(-n4nc(C#N)c(=O)[nH]c4=O)cc3Cl)cc(C(C)C)c2=O)c1=O. The van der Waals surface area contributed by atoms with Crippen molar-refractivity contribution in [3.05, 3.63) is 141 Å². The highest BCUT2D eigenvalue weighted by atomic mass is 35.5. The third-order valence-corrected chi connectivity index (χ3v) is 9.79. The zero-order chi connectivity index (χ0) is 48.3. The number of aromatic amines is 2. The summed E-state index contributed by atoms with van der Waals surface area (Å²) in [6.45, 7) is 6.58. The monoisotopic (exact) mass is 982 g/mol. The average Bonchev–Trinajstić information content (AvgIpc) is 3.24. The molecule has 0 bridgehead atoms. The molecule has 6 rings (SSSR count). The largest absolute Gasteiger partial charge is 0.434 e. The molecular formula is C38H26Cl4N12O12. The second-order valence-electron chi connectivity index (χ2n) is 13.9. The van der Waals surface area contributed by atoms with Gasteiger partial charge in [0.05, 0.1) is 44.3 Å². The third-order valence-electron chi connectivity index (χ3n) is 8.67. The Bertz CT molecular complexity index is 3180. The molecule has 0 saturated heterocycles. The van der Waals surface area contributed by atoms with E-state index < -0.39 is 81.6 Å². The lowest BCUT2D eigenvalue weighted by Gasteiger charge is -2.15. The number of hydrogen-bond acceptors (Lipinski definition) is 18. The van der Waals surface area contributed by atoms with Gasteiger partial charge >= 0.3 is 34.4 Å². The van der Waals surface area contributed by atoms with Crippen LogP contribution in [0.1, 0.15) is 74.9 Å². The van der Waals surface area contributed by atoms with Crippen LogP contribution in [0.4, 0.5) is 0 Å². The normalized spacial score (nSPS) is 11.0. The van der Waals surface area contributed by atoms with Crippen molar-refractivity contribution in [1.82, 2.24) is 49.4 Å². The van der Waals surface area contributed by atoms with Crippen LogP contribution in [-0.4, -0.2) is 61.4 Å². The van der Waals surface area contributed by atoms with Crippen LogP contribution in [0.2, 0.25) is 20.1 Å². The lowest BCUT2D eigenvalue weighted by molar-refractivity contribution is -0.153. The Labute approximate surface area is 386 Å². The maximum atomic E-state index is 13.3. The fraction of sp³-hybridized carbons (Fsp3) is 0.211. The molecule has 0 saturated carbocycles. The summed E-state index contributed by atoms with van der Waals surface area (Å²) in [7, 11) is 0. The number of nitrogens with one attached hydrogen (secondary N) is 2. The molecule has 2 aromatic carbocycles. The molecule has 0 radical (unpaired) electrons. The Hall–Kier alpha value is -7.90. The topological polar surface area (TPSA) is 324 Å². The number of aromatic nitrogens is 10. The van der Waals surface area contributed by atoms with Crippen LogP contribution < -0.4 is 52.8 Å². The summed E-state index contributed by atoms with van der Waals surface area (Å²) in [5, 5.41) is 32.7. The number of carbonyl (C=O) groups excluding carboxylic acids is 2. The second kappa shape index (κ2) is 19.5. The van der Waals surface area contributed by atoms with Crippen LogP contribution in [0.15, 0.2) is 65.2 Å². The van der Waals surface area contributed by atoms with Gasteiger partial charge in [-0.2, -0.15) is 19.9 Å². The van der Waals surface area contributed by atoms with Crippen molar-refractivity contribution in [2.75, 3.05) is 0 Å². The Morgan fingerprint density at radius 3 is 1.23 bits per heavy atom. The van der Waals surface area contributed by atoms with Crippen molar-refractivity contribution in [3.63, 3.8) is 0 Å². The molecule has 66 heavy (non-hydrogen) atoms. The number of benzene rings is 2. The first kappa shape index (κ1) is 47.6. The van der Waals surface area contributed by atoms with Gasteiger partial charge in [0.25, 0.3) is 11.1 Å². The minimum Gasteiger partial charge on any atom is -0.434 e. The molecule has 338 valence electrons. The van der Waals surface area contributed by atoms with E-state index in [2.05, 4.69) is 20.4 Å². The molecule has 24 nitrogen and oxygen atoms in total. The Balaban J connectivity index is 1.18. The second-order valence-corrected chi connectivity index (χ2v) is 15.5. The molecule has 28 heteroatoms. The van der Waals surface area contributed by atoms with E-state index in [0.29, 0.717) is 19.1 Å². The van der Waals surface area contributed by atoms with Crippen molar-refractivity contribution in [2.45, 2.75) is 52.4 Å². The van der Waals surface area contributed by atoms with Crippen LogP contribution in [-0.2, 0) is 9.59 Å². The summed E-state index contributed by atoms with van der Waals surface area (Å²) in [6, 6.07) is 10.2. The Morgan fingerprint density at radius 1 is 0.591 bits per heavy atom. The van der Waals surface area contributed by atoms with Gasteiger partial charge in [-0.05, 0) is 45.8 Å². The number of hydrogen-bond donors (Lipinski definition) is 2. The molecule has 0 aliphatic carbocycles. The number of H-pyrrole nitrogens is 2. The van der Waals surface area contributed by atoms with Crippen LogP contribution in [0.5, 0.6) is 23.3 Å². The molecule has 0 spiro atoms.